The summed E-state index contributed by atoms with van der Waals surface area (Å²) in [7, 11) is 1.92. The average molecular weight is 374 g/mol. The third-order valence-corrected chi connectivity index (χ3v) is 6.64. The Morgan fingerprint density at radius 3 is 2.75 bits per heavy atom. The second-order valence-electron chi connectivity index (χ2n) is 8.23. The summed E-state index contributed by atoms with van der Waals surface area (Å²) in [6.07, 6.45) is 4.50. The van der Waals surface area contributed by atoms with Crippen LogP contribution >= 0.6 is 0 Å². The van der Waals surface area contributed by atoms with E-state index in [0.717, 1.165) is 31.7 Å². The van der Waals surface area contributed by atoms with Gasteiger partial charge in [-0.3, -0.25) is 4.79 Å². The van der Waals surface area contributed by atoms with E-state index in [9.17, 15) is 4.79 Å². The van der Waals surface area contributed by atoms with Crippen LogP contribution in [0.5, 0.6) is 0 Å². The fourth-order valence-electron chi connectivity index (χ4n) is 4.87. The highest BCUT2D eigenvalue weighted by Gasteiger charge is 2.43. The topological polar surface area (TPSA) is 37.3 Å². The van der Waals surface area contributed by atoms with Crippen molar-refractivity contribution in [3.8, 4) is 0 Å². The smallest absolute Gasteiger partial charge is 0.270 e. The number of benzene rings is 2. The minimum atomic E-state index is 0.123. The first-order valence-electron chi connectivity index (χ1n) is 10.4. The maximum absolute atomic E-state index is 13.2. The molecule has 1 fully saturated rings. The number of nitrogens with zero attached hydrogens (tertiary/aromatic N) is 2. The van der Waals surface area contributed by atoms with Crippen molar-refractivity contribution in [2.45, 2.75) is 37.8 Å². The molecule has 0 saturated heterocycles. The van der Waals surface area contributed by atoms with Crippen LogP contribution in [0.25, 0.3) is 10.8 Å². The maximum Gasteiger partial charge on any atom is 0.270 e. The Bertz CT molecular complexity index is 1030. The van der Waals surface area contributed by atoms with Gasteiger partial charge in [-0.25, -0.2) is 0 Å². The molecule has 1 aromatic heterocycles. The van der Waals surface area contributed by atoms with Crippen molar-refractivity contribution >= 4 is 16.7 Å². The van der Waals surface area contributed by atoms with Crippen LogP contribution in [0.4, 0.5) is 0 Å². The summed E-state index contributed by atoms with van der Waals surface area (Å²) >= 11 is 0. The minimum absolute atomic E-state index is 0.123. The zero-order chi connectivity index (χ0) is 19.1. The quantitative estimate of drug-likeness (QED) is 0.752. The number of carbonyl (C=O) groups excluding carboxylic acids is 1. The molecule has 4 heteroatoms. The Hall–Kier alpha value is -2.59. The maximum atomic E-state index is 13.2. The summed E-state index contributed by atoms with van der Waals surface area (Å²) in [5.74, 6) is 0.128. The van der Waals surface area contributed by atoms with Gasteiger partial charge in [0.2, 0.25) is 0 Å². The predicted molar refractivity (Wildman–Crippen MR) is 113 cm³/mol. The van der Waals surface area contributed by atoms with Gasteiger partial charge < -0.3 is 14.8 Å². The third kappa shape index (κ3) is 2.75. The van der Waals surface area contributed by atoms with Crippen LogP contribution in [-0.4, -0.2) is 35.5 Å². The number of carbonyl (C=O) groups is 1. The Kier molecular flexibility index (Phi) is 4.24. The van der Waals surface area contributed by atoms with Crippen LogP contribution in [0.2, 0.25) is 0 Å². The van der Waals surface area contributed by atoms with Gasteiger partial charge >= 0.3 is 0 Å². The Balaban J connectivity index is 1.34. The fraction of sp³-hybridized carbons (Fsp3) is 0.375. The molecule has 0 unspecified atom stereocenters. The summed E-state index contributed by atoms with van der Waals surface area (Å²) < 4.78 is 2.26. The van der Waals surface area contributed by atoms with Crippen molar-refractivity contribution in [3.63, 3.8) is 0 Å². The van der Waals surface area contributed by atoms with E-state index in [-0.39, 0.29) is 11.4 Å². The lowest BCUT2D eigenvalue weighted by molar-refractivity contribution is 0.0779. The van der Waals surface area contributed by atoms with Gasteiger partial charge in [-0.15, -0.1) is 0 Å². The molecule has 0 atom stereocenters. The second-order valence-corrected chi connectivity index (χ2v) is 8.23. The third-order valence-electron chi connectivity index (χ3n) is 6.64. The fourth-order valence-corrected chi connectivity index (χ4v) is 4.87. The molecule has 0 radical (unpaired) electrons. The number of fused-ring (bicyclic) bond motifs is 3. The van der Waals surface area contributed by atoms with Crippen LogP contribution in [0.15, 0.2) is 54.6 Å². The number of aromatic nitrogens is 1. The molecule has 2 aromatic carbocycles. The van der Waals surface area contributed by atoms with Gasteiger partial charge in [0, 0.05) is 32.4 Å². The largest absolute Gasteiger partial charge is 0.340 e. The number of rotatable bonds is 4. The number of amides is 1. The van der Waals surface area contributed by atoms with Gasteiger partial charge in [-0.05, 0) is 54.2 Å². The average Bonchev–Trinajstić information content (AvgIpc) is 3.14. The SMILES string of the molecule is CN(CCc1cccc2ccccc12)C(=O)c1ccc2n1CCNC21CCC1. The van der Waals surface area contributed by atoms with Gasteiger partial charge in [-0.2, -0.15) is 0 Å². The van der Waals surface area contributed by atoms with Crippen molar-refractivity contribution in [2.24, 2.45) is 0 Å². The molecule has 1 N–H and O–H groups in total. The molecule has 1 saturated carbocycles. The van der Waals surface area contributed by atoms with Crippen molar-refractivity contribution in [1.29, 1.82) is 0 Å². The van der Waals surface area contributed by atoms with Crippen molar-refractivity contribution < 1.29 is 4.79 Å². The van der Waals surface area contributed by atoms with E-state index >= 15 is 0 Å². The van der Waals surface area contributed by atoms with Crippen molar-refractivity contribution in [1.82, 2.24) is 14.8 Å². The van der Waals surface area contributed by atoms with E-state index in [0.29, 0.717) is 0 Å². The van der Waals surface area contributed by atoms with E-state index in [1.807, 2.05) is 18.0 Å². The Labute approximate surface area is 166 Å². The van der Waals surface area contributed by atoms with Gasteiger partial charge in [0.15, 0.2) is 0 Å². The number of hydrogen-bond donors (Lipinski definition) is 1. The molecule has 3 aromatic rings. The first-order chi connectivity index (χ1) is 13.7. The number of hydrogen-bond acceptors (Lipinski definition) is 2. The summed E-state index contributed by atoms with van der Waals surface area (Å²) in [5.41, 5.74) is 3.56. The molecule has 2 aliphatic rings. The summed E-state index contributed by atoms with van der Waals surface area (Å²) in [4.78, 5) is 15.0. The monoisotopic (exact) mass is 373 g/mol. The van der Waals surface area contributed by atoms with Crippen molar-refractivity contribution in [3.05, 3.63) is 71.5 Å². The first-order valence-corrected chi connectivity index (χ1v) is 10.4. The van der Waals surface area contributed by atoms with Crippen LogP contribution < -0.4 is 5.32 Å². The lowest BCUT2D eigenvalue weighted by Gasteiger charge is -2.46. The van der Waals surface area contributed by atoms with Crippen LogP contribution in [-0.2, 0) is 18.5 Å². The van der Waals surface area contributed by atoms with Gasteiger partial charge in [0.1, 0.15) is 5.69 Å². The highest BCUT2D eigenvalue weighted by atomic mass is 16.2. The predicted octanol–water partition coefficient (Wildman–Crippen LogP) is 3.94. The normalized spacial score (nSPS) is 17.3. The molecule has 5 rings (SSSR count). The molecule has 144 valence electrons. The van der Waals surface area contributed by atoms with Gasteiger partial charge in [0.05, 0.1) is 5.54 Å². The number of nitrogens with one attached hydrogen (secondary N) is 1. The highest BCUT2D eigenvalue weighted by Crippen LogP contribution is 2.43. The van der Waals surface area contributed by atoms with E-state index in [1.54, 1.807) is 0 Å². The molecule has 1 spiro atoms. The Morgan fingerprint density at radius 2 is 1.93 bits per heavy atom. The number of likely N-dealkylation sites (N-methyl/N-ethyl adjacent to an activating group) is 1. The van der Waals surface area contributed by atoms with E-state index in [4.69, 9.17) is 0 Å². The molecule has 1 amide bonds. The van der Waals surface area contributed by atoms with Crippen LogP contribution in [0.1, 0.15) is 41.0 Å². The lowest BCUT2D eigenvalue weighted by atomic mass is 9.73. The second kappa shape index (κ2) is 6.78. The first kappa shape index (κ1) is 17.5. The molecule has 2 heterocycles. The van der Waals surface area contributed by atoms with Gasteiger partial charge in [-0.1, -0.05) is 42.5 Å². The van der Waals surface area contributed by atoms with E-state index in [2.05, 4.69) is 58.4 Å². The molecule has 4 nitrogen and oxygen atoms in total. The summed E-state index contributed by atoms with van der Waals surface area (Å²) in [6, 6.07) is 19.1. The highest BCUT2D eigenvalue weighted by molar-refractivity contribution is 5.93. The summed E-state index contributed by atoms with van der Waals surface area (Å²) in [6.45, 7) is 2.54. The van der Waals surface area contributed by atoms with E-state index in [1.165, 1.54) is 41.3 Å². The van der Waals surface area contributed by atoms with Crippen molar-refractivity contribution in [2.75, 3.05) is 20.1 Å². The molecular formula is C24H27N3O. The molecule has 1 aliphatic heterocycles. The molecular weight excluding hydrogens is 346 g/mol. The molecule has 0 bridgehead atoms. The Morgan fingerprint density at radius 1 is 1.11 bits per heavy atom. The molecule has 1 aliphatic carbocycles. The van der Waals surface area contributed by atoms with Gasteiger partial charge in [0.25, 0.3) is 5.91 Å². The molecule has 28 heavy (non-hydrogen) atoms. The standard InChI is InChI=1S/C24H27N3O/c1-26(16-12-19-8-4-7-18-6-2-3-9-20(18)19)23(28)21-10-11-22-24(13-5-14-24)25-15-17-27(21)22/h2-4,6-11,25H,5,12-17H2,1H3. The summed E-state index contributed by atoms with van der Waals surface area (Å²) in [5, 5.41) is 6.23. The van der Waals surface area contributed by atoms with E-state index < -0.39 is 0 Å². The lowest BCUT2D eigenvalue weighted by Crippen LogP contribution is -2.54. The zero-order valence-corrected chi connectivity index (χ0v) is 16.4. The van der Waals surface area contributed by atoms with Crippen LogP contribution in [0, 0.1) is 0 Å². The van der Waals surface area contributed by atoms with Crippen LogP contribution in [0.3, 0.4) is 0 Å². The minimum Gasteiger partial charge on any atom is -0.340 e. The zero-order valence-electron chi connectivity index (χ0n) is 16.4.